The van der Waals surface area contributed by atoms with Crippen LogP contribution in [0, 0.1) is 0 Å². The molecule has 10 heteroatoms. The maximum atomic E-state index is 12.3. The number of ether oxygens (including phenoxy) is 1. The summed E-state index contributed by atoms with van der Waals surface area (Å²) >= 11 is 0. The number of ketones is 2. The molecule has 3 N–H and O–H groups in total. The van der Waals surface area contributed by atoms with Gasteiger partial charge in [0.1, 0.15) is 18.4 Å². The van der Waals surface area contributed by atoms with Crippen molar-refractivity contribution < 1.29 is 29.3 Å². The molecule has 0 spiro atoms. The van der Waals surface area contributed by atoms with E-state index in [1.165, 1.54) is 4.90 Å². The first-order chi connectivity index (χ1) is 11.7. The molecule has 3 heterocycles. The number of hydrogen-bond acceptors (Lipinski definition) is 8. The Kier molecular flexibility index (Phi) is 4.43. The molecule has 3 rings (SSSR count). The highest BCUT2D eigenvalue weighted by molar-refractivity contribution is 5.89. The first-order valence-electron chi connectivity index (χ1n) is 7.98. The summed E-state index contributed by atoms with van der Waals surface area (Å²) in [6, 6.07) is -0.506. The number of nitrogens with one attached hydrogen (secondary N) is 1. The maximum Gasteiger partial charge on any atom is 0.325 e. The van der Waals surface area contributed by atoms with Crippen molar-refractivity contribution >= 4 is 17.6 Å². The molecule has 1 saturated heterocycles. The number of urea groups is 1. The Morgan fingerprint density at radius 2 is 2.16 bits per heavy atom. The Hall–Kier alpha value is -2.17. The molecule has 1 fully saturated rings. The van der Waals surface area contributed by atoms with Crippen LogP contribution in [0.15, 0.2) is 21.6 Å². The number of carbonyl (C=O) groups excluding carboxylic acids is 3. The van der Waals surface area contributed by atoms with Crippen LogP contribution in [-0.2, 0) is 14.3 Å². The van der Waals surface area contributed by atoms with Crippen molar-refractivity contribution in [2.75, 3.05) is 13.1 Å². The molecule has 4 atom stereocenters. The number of aliphatic hydroxyl groups is 2. The van der Waals surface area contributed by atoms with E-state index in [2.05, 4.69) is 15.5 Å². The Morgan fingerprint density at radius 3 is 2.80 bits per heavy atom. The average Bonchev–Trinajstić information content (AvgIpc) is 2.92. The van der Waals surface area contributed by atoms with Crippen molar-refractivity contribution in [1.82, 2.24) is 10.2 Å². The highest BCUT2D eigenvalue weighted by Crippen LogP contribution is 2.37. The van der Waals surface area contributed by atoms with Gasteiger partial charge in [-0.2, -0.15) is 5.11 Å². The molecule has 2 amide bonds. The van der Waals surface area contributed by atoms with Crippen LogP contribution in [0.3, 0.4) is 0 Å². The number of azo groups is 1. The number of nitrogens with zero attached hydrogens (tertiary/aromatic N) is 3. The van der Waals surface area contributed by atoms with E-state index in [-0.39, 0.29) is 13.0 Å². The molecule has 0 aromatic rings. The van der Waals surface area contributed by atoms with Crippen molar-refractivity contribution in [3.63, 3.8) is 0 Å². The molecule has 0 bridgehead atoms. The lowest BCUT2D eigenvalue weighted by molar-refractivity contribution is -0.159. The van der Waals surface area contributed by atoms with Crippen molar-refractivity contribution in [3.05, 3.63) is 11.4 Å². The van der Waals surface area contributed by atoms with Gasteiger partial charge in [-0.3, -0.25) is 19.8 Å². The van der Waals surface area contributed by atoms with Crippen molar-refractivity contribution in [1.29, 1.82) is 0 Å². The third-order valence-electron chi connectivity index (χ3n) is 4.79. The van der Waals surface area contributed by atoms with Crippen LogP contribution >= 0.6 is 0 Å². The van der Waals surface area contributed by atoms with E-state index in [1.54, 1.807) is 0 Å². The molecule has 10 nitrogen and oxygen atoms in total. The van der Waals surface area contributed by atoms with Crippen molar-refractivity contribution in [3.8, 4) is 0 Å². The summed E-state index contributed by atoms with van der Waals surface area (Å²) in [6.45, 7) is 3.02. The second-order valence-corrected chi connectivity index (χ2v) is 6.48. The van der Waals surface area contributed by atoms with Crippen LogP contribution in [0.5, 0.6) is 0 Å². The molecule has 0 aromatic carbocycles. The first kappa shape index (κ1) is 17.6. The zero-order valence-corrected chi connectivity index (χ0v) is 13.9. The number of carbonyl (C=O) groups is 3. The summed E-state index contributed by atoms with van der Waals surface area (Å²) in [5, 5.41) is 31.1. The number of amides is 2. The lowest BCUT2D eigenvalue weighted by Gasteiger charge is -2.34. The fourth-order valence-electron chi connectivity index (χ4n) is 3.23. The van der Waals surface area contributed by atoms with Crippen LogP contribution in [-0.4, -0.2) is 69.8 Å². The molecular weight excluding hydrogens is 332 g/mol. The Bertz CT molecular complexity index is 690. The third-order valence-corrected chi connectivity index (χ3v) is 4.79. The monoisotopic (exact) mass is 352 g/mol. The Balaban J connectivity index is 1.85. The predicted molar refractivity (Wildman–Crippen MR) is 82.2 cm³/mol. The molecule has 0 saturated carbocycles. The minimum Gasteiger partial charge on any atom is -0.382 e. The lowest BCUT2D eigenvalue weighted by atomic mass is 9.86. The van der Waals surface area contributed by atoms with Gasteiger partial charge < -0.3 is 14.9 Å². The van der Waals surface area contributed by atoms with E-state index >= 15 is 0 Å². The van der Waals surface area contributed by atoms with Crippen LogP contribution in [0.2, 0.25) is 0 Å². The van der Waals surface area contributed by atoms with Crippen LogP contribution in [0.1, 0.15) is 26.7 Å². The van der Waals surface area contributed by atoms with Crippen LogP contribution in [0.4, 0.5) is 4.79 Å². The van der Waals surface area contributed by atoms with Crippen molar-refractivity contribution in [2.45, 2.75) is 50.7 Å². The van der Waals surface area contributed by atoms with Gasteiger partial charge in [0.25, 0.3) is 0 Å². The third kappa shape index (κ3) is 2.96. The van der Waals surface area contributed by atoms with Gasteiger partial charge in [0.05, 0.1) is 6.54 Å². The second kappa shape index (κ2) is 6.28. The summed E-state index contributed by atoms with van der Waals surface area (Å²) in [5.41, 5.74) is -1.18. The molecule has 3 aliphatic rings. The lowest BCUT2D eigenvalue weighted by Crippen LogP contribution is -2.52. The molecule has 0 aliphatic carbocycles. The zero-order chi connectivity index (χ0) is 18.4. The summed E-state index contributed by atoms with van der Waals surface area (Å²) in [6.07, 6.45) is -3.65. The van der Waals surface area contributed by atoms with E-state index in [0.717, 1.165) is 19.4 Å². The number of rotatable bonds is 4. The summed E-state index contributed by atoms with van der Waals surface area (Å²) in [4.78, 5) is 37.1. The highest BCUT2D eigenvalue weighted by atomic mass is 16.6. The molecule has 136 valence electrons. The summed E-state index contributed by atoms with van der Waals surface area (Å²) in [5.74, 6) is -0.858. The van der Waals surface area contributed by atoms with E-state index in [4.69, 9.17) is 4.74 Å². The van der Waals surface area contributed by atoms with Gasteiger partial charge in [-0.05, 0) is 25.8 Å². The number of Topliss-reactive ketones (excluding diaryl/α,β-unsaturated/α-hetero) is 2. The minimum absolute atomic E-state index is 0.210. The summed E-state index contributed by atoms with van der Waals surface area (Å²) in [7, 11) is 0. The van der Waals surface area contributed by atoms with Gasteiger partial charge >= 0.3 is 6.03 Å². The van der Waals surface area contributed by atoms with E-state index < -0.39 is 41.6 Å². The molecular formula is C15H20N4O6. The second-order valence-electron chi connectivity index (χ2n) is 6.48. The quantitative estimate of drug-likeness (QED) is 0.621. The largest absolute Gasteiger partial charge is 0.382 e. The molecule has 25 heavy (non-hydrogen) atoms. The SMILES string of the molecule is CC(=O)C(O)[C@H]1O[C@@H](N2CC3=C(N=NCC3)NC2=O)C[C@@]1(O)C(C)=O. The zero-order valence-electron chi connectivity index (χ0n) is 13.9. The standard InChI is InChI=1S/C15H20N4O6/c1-7(20)11(22)12-15(24,8(2)21)5-10(25-12)19-6-9-3-4-16-18-13(9)17-14(19)23/h10-12,22,24H,3-6H2,1-2H3,(H,17,23)/t10-,11?,12-,15-/m1/s1. The molecule has 1 unspecified atom stereocenters. The van der Waals surface area contributed by atoms with E-state index in [0.29, 0.717) is 18.8 Å². The minimum atomic E-state index is -2.04. The van der Waals surface area contributed by atoms with Crippen molar-refractivity contribution in [2.24, 2.45) is 10.2 Å². The molecule has 3 aliphatic heterocycles. The van der Waals surface area contributed by atoms with E-state index in [9.17, 15) is 24.6 Å². The maximum absolute atomic E-state index is 12.3. The number of hydrogen-bond donors (Lipinski definition) is 3. The van der Waals surface area contributed by atoms with Crippen LogP contribution < -0.4 is 5.32 Å². The number of aliphatic hydroxyl groups excluding tert-OH is 1. The average molecular weight is 352 g/mol. The van der Waals surface area contributed by atoms with Crippen LogP contribution in [0.25, 0.3) is 0 Å². The topological polar surface area (TPSA) is 141 Å². The van der Waals surface area contributed by atoms with Gasteiger partial charge in [0.2, 0.25) is 0 Å². The molecule has 0 aromatic heterocycles. The van der Waals surface area contributed by atoms with Gasteiger partial charge in [-0.25, -0.2) is 4.79 Å². The Morgan fingerprint density at radius 1 is 1.44 bits per heavy atom. The highest BCUT2D eigenvalue weighted by Gasteiger charge is 2.57. The normalized spacial score (nSPS) is 33.1. The summed E-state index contributed by atoms with van der Waals surface area (Å²) < 4.78 is 5.60. The fourth-order valence-corrected chi connectivity index (χ4v) is 3.23. The molecule has 0 radical (unpaired) electrons. The van der Waals surface area contributed by atoms with Gasteiger partial charge in [0.15, 0.2) is 23.0 Å². The van der Waals surface area contributed by atoms with Gasteiger partial charge in [0, 0.05) is 13.0 Å². The van der Waals surface area contributed by atoms with Gasteiger partial charge in [-0.15, -0.1) is 5.11 Å². The smallest absolute Gasteiger partial charge is 0.325 e. The first-order valence-corrected chi connectivity index (χ1v) is 7.98. The Labute approximate surface area is 143 Å². The fraction of sp³-hybridized carbons (Fsp3) is 0.667. The van der Waals surface area contributed by atoms with E-state index in [1.807, 2.05) is 0 Å². The van der Waals surface area contributed by atoms with Gasteiger partial charge in [-0.1, -0.05) is 0 Å². The predicted octanol–water partition coefficient (Wildman–Crippen LogP) is -0.536.